The van der Waals surface area contributed by atoms with Gasteiger partial charge in [0.25, 0.3) is 0 Å². The molecule has 0 heterocycles. The molecule has 0 aromatic rings. The van der Waals surface area contributed by atoms with E-state index in [1.807, 2.05) is 0 Å². The minimum atomic E-state index is -1.56. The molecule has 12 heteroatoms. The third-order valence-electron chi connectivity index (χ3n) is 2.66. The maximum absolute atomic E-state index is 12.2. The SMILES string of the molecule is NC(CSSC(C(=O)C(N)CCC(=O)O)C(N)C(=O)O)C(=O)O. The van der Waals surface area contributed by atoms with Crippen LogP contribution in [0, 0.1) is 0 Å². The minimum Gasteiger partial charge on any atom is -0.481 e. The lowest BCUT2D eigenvalue weighted by Gasteiger charge is -2.22. The first-order chi connectivity index (χ1) is 10.6. The molecule has 0 saturated carbocycles. The van der Waals surface area contributed by atoms with Crippen LogP contribution in [0.25, 0.3) is 0 Å². The zero-order valence-corrected chi connectivity index (χ0v) is 13.6. The van der Waals surface area contributed by atoms with Crippen molar-refractivity contribution >= 4 is 45.3 Å². The van der Waals surface area contributed by atoms with Gasteiger partial charge in [-0.15, -0.1) is 0 Å². The van der Waals surface area contributed by atoms with Gasteiger partial charge in [-0.05, 0) is 6.42 Å². The number of Topliss-reactive ketones (excluding diaryl/α,β-unsaturated/α-hetero) is 1. The first-order valence-corrected chi connectivity index (χ1v) is 8.72. The van der Waals surface area contributed by atoms with Gasteiger partial charge in [-0.1, -0.05) is 21.6 Å². The van der Waals surface area contributed by atoms with Gasteiger partial charge < -0.3 is 32.5 Å². The predicted octanol–water partition coefficient (Wildman–Crippen LogP) is -1.68. The van der Waals surface area contributed by atoms with Gasteiger partial charge in [0.1, 0.15) is 17.3 Å². The number of hydrogen-bond donors (Lipinski definition) is 6. The summed E-state index contributed by atoms with van der Waals surface area (Å²) in [4.78, 5) is 44.2. The molecule has 0 bridgehead atoms. The molecular formula is C11H19N3O7S2. The molecule has 0 aromatic heterocycles. The van der Waals surface area contributed by atoms with Gasteiger partial charge in [-0.2, -0.15) is 0 Å². The van der Waals surface area contributed by atoms with Gasteiger partial charge in [-0.25, -0.2) is 0 Å². The molecule has 4 unspecified atom stereocenters. The van der Waals surface area contributed by atoms with Gasteiger partial charge in [0.2, 0.25) is 0 Å². The van der Waals surface area contributed by atoms with Gasteiger partial charge in [0.15, 0.2) is 5.78 Å². The Labute approximate surface area is 139 Å². The van der Waals surface area contributed by atoms with Crippen LogP contribution in [0.15, 0.2) is 0 Å². The summed E-state index contributed by atoms with van der Waals surface area (Å²) in [5.74, 6) is -4.57. The standard InChI is InChI=1S/C11H19N3O7S2/c12-4(1-2-6(15)16)8(17)9(7(14)11(20)21)23-22-3-5(13)10(18)19/h4-5,7,9H,1-3,12-14H2,(H,15,16)(H,18,19)(H,20,21). The van der Waals surface area contributed by atoms with E-state index in [9.17, 15) is 19.2 Å². The van der Waals surface area contributed by atoms with Gasteiger partial charge in [0, 0.05) is 12.2 Å². The fraction of sp³-hybridized carbons (Fsp3) is 0.636. The number of ketones is 1. The Balaban J connectivity index is 4.79. The maximum atomic E-state index is 12.2. The van der Waals surface area contributed by atoms with Crippen molar-refractivity contribution in [3.05, 3.63) is 0 Å². The van der Waals surface area contributed by atoms with E-state index in [4.69, 9.17) is 32.5 Å². The molecule has 0 spiro atoms. The fourth-order valence-electron chi connectivity index (χ4n) is 1.30. The number of rotatable bonds is 12. The summed E-state index contributed by atoms with van der Waals surface area (Å²) >= 11 is 0. The number of aliphatic carboxylic acids is 3. The highest BCUT2D eigenvalue weighted by Crippen LogP contribution is 2.30. The van der Waals surface area contributed by atoms with Crippen molar-refractivity contribution in [1.29, 1.82) is 0 Å². The molecule has 132 valence electrons. The second-order valence-electron chi connectivity index (χ2n) is 4.55. The molecule has 0 aliphatic rings. The quantitative estimate of drug-likeness (QED) is 0.213. The molecule has 10 nitrogen and oxygen atoms in total. The van der Waals surface area contributed by atoms with Crippen molar-refractivity contribution in [2.45, 2.75) is 36.2 Å². The molecule has 9 N–H and O–H groups in total. The normalized spacial score (nSPS) is 16.1. The first kappa shape index (κ1) is 21.7. The van der Waals surface area contributed by atoms with E-state index in [0.29, 0.717) is 0 Å². The van der Waals surface area contributed by atoms with Crippen LogP contribution in [0.1, 0.15) is 12.8 Å². The van der Waals surface area contributed by atoms with E-state index in [0.717, 1.165) is 21.6 Å². The third-order valence-corrected chi connectivity index (χ3v) is 5.47. The maximum Gasteiger partial charge on any atom is 0.322 e. The second-order valence-corrected chi connectivity index (χ2v) is 7.11. The summed E-state index contributed by atoms with van der Waals surface area (Å²) in [6, 6.07) is -3.91. The Bertz CT molecular complexity index is 463. The number of carbonyl (C=O) groups excluding carboxylic acids is 1. The monoisotopic (exact) mass is 369 g/mol. The lowest BCUT2D eigenvalue weighted by atomic mass is 10.0. The zero-order chi connectivity index (χ0) is 18.2. The highest BCUT2D eigenvalue weighted by molar-refractivity contribution is 8.77. The summed E-state index contributed by atoms with van der Waals surface area (Å²) in [6.07, 6.45) is -0.499. The van der Waals surface area contributed by atoms with Crippen LogP contribution in [0.5, 0.6) is 0 Å². The lowest BCUT2D eigenvalue weighted by Crippen LogP contribution is -2.49. The van der Waals surface area contributed by atoms with E-state index in [-0.39, 0.29) is 18.6 Å². The molecule has 0 rings (SSSR count). The number of hydrogen-bond acceptors (Lipinski definition) is 9. The largest absolute Gasteiger partial charge is 0.481 e. The topological polar surface area (TPSA) is 207 Å². The molecule has 0 aliphatic carbocycles. The van der Waals surface area contributed by atoms with Crippen LogP contribution in [0.4, 0.5) is 0 Å². The lowest BCUT2D eigenvalue weighted by molar-refractivity contribution is -0.140. The van der Waals surface area contributed by atoms with Crippen molar-refractivity contribution in [2.75, 3.05) is 5.75 Å². The third kappa shape index (κ3) is 8.18. The Hall–Kier alpha value is -1.34. The number of nitrogens with two attached hydrogens (primary N) is 3. The fourth-order valence-corrected chi connectivity index (χ4v) is 4.08. The Kier molecular flexibility index (Phi) is 9.83. The van der Waals surface area contributed by atoms with Crippen LogP contribution < -0.4 is 17.2 Å². The molecule has 23 heavy (non-hydrogen) atoms. The van der Waals surface area contributed by atoms with Crippen molar-refractivity contribution in [2.24, 2.45) is 17.2 Å². The van der Waals surface area contributed by atoms with Crippen LogP contribution in [-0.4, -0.2) is 68.1 Å². The average Bonchev–Trinajstić information content (AvgIpc) is 2.47. The summed E-state index contributed by atoms with van der Waals surface area (Å²) in [7, 11) is 1.65. The summed E-state index contributed by atoms with van der Waals surface area (Å²) in [5, 5.41) is 24.9. The second kappa shape index (κ2) is 10.4. The van der Waals surface area contributed by atoms with E-state index < -0.39 is 47.1 Å². The first-order valence-electron chi connectivity index (χ1n) is 6.34. The van der Waals surface area contributed by atoms with Gasteiger partial charge in [-0.3, -0.25) is 19.2 Å². The predicted molar refractivity (Wildman–Crippen MR) is 84.9 cm³/mol. The van der Waals surface area contributed by atoms with Crippen LogP contribution >= 0.6 is 21.6 Å². The Morgan fingerprint density at radius 2 is 1.48 bits per heavy atom. The van der Waals surface area contributed by atoms with Crippen LogP contribution in [0.2, 0.25) is 0 Å². The average molecular weight is 369 g/mol. The van der Waals surface area contributed by atoms with E-state index in [2.05, 4.69) is 0 Å². The summed E-state index contributed by atoms with van der Waals surface area (Å²) in [6.45, 7) is 0. The van der Waals surface area contributed by atoms with Crippen molar-refractivity contribution < 1.29 is 34.5 Å². The van der Waals surface area contributed by atoms with E-state index >= 15 is 0 Å². The highest BCUT2D eigenvalue weighted by Gasteiger charge is 2.34. The Morgan fingerprint density at radius 3 is 1.91 bits per heavy atom. The summed E-state index contributed by atoms with van der Waals surface area (Å²) in [5.41, 5.74) is 16.3. The number of carboxylic acid groups (broad SMARTS) is 3. The molecule has 0 saturated heterocycles. The molecule has 0 fully saturated rings. The van der Waals surface area contributed by atoms with Crippen LogP contribution in [0.3, 0.4) is 0 Å². The van der Waals surface area contributed by atoms with Crippen LogP contribution in [-0.2, 0) is 19.2 Å². The smallest absolute Gasteiger partial charge is 0.322 e. The molecule has 0 amide bonds. The number of carboxylic acids is 3. The van der Waals surface area contributed by atoms with Crippen molar-refractivity contribution in [3.63, 3.8) is 0 Å². The number of carbonyl (C=O) groups is 4. The Morgan fingerprint density at radius 1 is 0.913 bits per heavy atom. The molecular weight excluding hydrogens is 350 g/mol. The van der Waals surface area contributed by atoms with Crippen molar-refractivity contribution in [3.8, 4) is 0 Å². The summed E-state index contributed by atoms with van der Waals surface area (Å²) < 4.78 is 0. The molecule has 0 aliphatic heterocycles. The van der Waals surface area contributed by atoms with Gasteiger partial charge >= 0.3 is 17.9 Å². The highest BCUT2D eigenvalue weighted by atomic mass is 33.1. The van der Waals surface area contributed by atoms with Gasteiger partial charge in [0.05, 0.1) is 6.04 Å². The minimum absolute atomic E-state index is 0.0690. The van der Waals surface area contributed by atoms with E-state index in [1.165, 1.54) is 0 Å². The molecule has 4 atom stereocenters. The molecule has 0 aromatic carbocycles. The molecule has 0 radical (unpaired) electrons. The van der Waals surface area contributed by atoms with Crippen molar-refractivity contribution in [1.82, 2.24) is 0 Å². The zero-order valence-electron chi connectivity index (χ0n) is 12.0. The van der Waals surface area contributed by atoms with E-state index in [1.54, 1.807) is 0 Å².